The molecule has 1 atom stereocenters. The molecule has 0 radical (unpaired) electrons. The van der Waals surface area contributed by atoms with E-state index >= 15 is 0 Å². The number of thioether (sulfide) groups is 1. The van der Waals surface area contributed by atoms with Gasteiger partial charge < -0.3 is 10.4 Å². The van der Waals surface area contributed by atoms with Crippen molar-refractivity contribution in [2.24, 2.45) is 0 Å². The monoisotopic (exact) mass is 539 g/mol. The van der Waals surface area contributed by atoms with Gasteiger partial charge >= 0.3 is 20.4 Å². The molecule has 2 aromatic carbocycles. The number of rotatable bonds is 7. The van der Waals surface area contributed by atoms with Crippen molar-refractivity contribution in [1.29, 1.82) is 0 Å². The van der Waals surface area contributed by atoms with Gasteiger partial charge in [0.15, 0.2) is 0 Å². The number of halogens is 10. The quantitative estimate of drug-likeness (QED) is 0.274. The van der Waals surface area contributed by atoms with Gasteiger partial charge in [0.1, 0.15) is 15.4 Å². The second-order valence-electron chi connectivity index (χ2n) is 6.95. The summed E-state index contributed by atoms with van der Waals surface area (Å²) in [5, 5.41) is 12.1. The molecule has 0 aliphatic rings. The van der Waals surface area contributed by atoms with E-state index < -0.39 is 53.2 Å². The molecule has 0 saturated carbocycles. The summed E-state index contributed by atoms with van der Waals surface area (Å²) in [4.78, 5) is 7.73. The minimum absolute atomic E-state index is 0.0125. The van der Waals surface area contributed by atoms with Gasteiger partial charge in [0.25, 0.3) is 5.91 Å². The second-order valence-corrected chi connectivity index (χ2v) is 12.8. The zero-order chi connectivity index (χ0) is 25.0. The van der Waals surface area contributed by atoms with Crippen LogP contribution in [0.1, 0.15) is 6.92 Å². The van der Waals surface area contributed by atoms with Crippen LogP contribution in [-0.2, 0) is 4.79 Å². The highest BCUT2D eigenvalue weighted by atomic mass is 32.5. The topological polar surface area (TPSA) is 49.3 Å². The molecule has 0 bridgehead atoms. The van der Waals surface area contributed by atoms with E-state index in [1.54, 1.807) is 0 Å². The molecule has 2 rings (SSSR count). The summed E-state index contributed by atoms with van der Waals surface area (Å²) in [7, 11) is -19.9. The predicted molar refractivity (Wildman–Crippen MR) is 106 cm³/mol. The van der Waals surface area contributed by atoms with Crippen molar-refractivity contribution in [3.05, 3.63) is 48.5 Å². The van der Waals surface area contributed by atoms with E-state index in [1.165, 1.54) is 0 Å². The lowest BCUT2D eigenvalue weighted by Crippen LogP contribution is -2.42. The Balaban J connectivity index is 2.12. The zero-order valence-corrected chi connectivity index (χ0v) is 18.1. The number of hydrogen-bond acceptors (Lipinski definition) is 3. The number of amides is 1. The Morgan fingerprint density at radius 3 is 1.84 bits per heavy atom. The molecule has 3 nitrogen and oxygen atoms in total. The molecular weight excluding hydrogens is 524 g/mol. The van der Waals surface area contributed by atoms with Crippen LogP contribution in [-0.4, -0.2) is 22.4 Å². The maximum atomic E-state index is 12.9. The number of aliphatic hydroxyl groups is 1. The normalized spacial score (nSPS) is 19.0. The Bertz CT molecular complexity index is 1050. The minimum atomic E-state index is -10.0. The van der Waals surface area contributed by atoms with Crippen molar-refractivity contribution in [2.45, 2.75) is 27.2 Å². The number of nitrogens with one attached hydrogen (secondary N) is 1. The third-order valence-electron chi connectivity index (χ3n) is 3.82. The van der Waals surface area contributed by atoms with Crippen molar-refractivity contribution in [3.63, 3.8) is 0 Å². The standard InChI is InChI=1S/C16H15F10NO2S3/c1-16(29,10-30-12-5-7-13(8-6-12)31(17,18,19,20)21)15(28)27-11-3-2-4-14(9-11)32(22,23,24,25)26/h2-9,29H,10H2,1H3,(H,27,28). The molecule has 0 spiro atoms. The molecule has 1 amide bonds. The van der Waals surface area contributed by atoms with E-state index in [9.17, 15) is 48.8 Å². The highest BCUT2D eigenvalue weighted by Gasteiger charge is 2.66. The molecule has 0 saturated heterocycles. The number of benzene rings is 2. The minimum Gasteiger partial charge on any atom is -0.379 e. The van der Waals surface area contributed by atoms with Gasteiger partial charge in [0.2, 0.25) is 0 Å². The average Bonchev–Trinajstić information content (AvgIpc) is 2.57. The van der Waals surface area contributed by atoms with E-state index in [0.717, 1.165) is 13.0 Å². The van der Waals surface area contributed by atoms with Crippen molar-refractivity contribution < 1.29 is 48.8 Å². The molecule has 0 aliphatic carbocycles. The van der Waals surface area contributed by atoms with Crippen molar-refractivity contribution in [2.75, 3.05) is 11.1 Å². The maximum absolute atomic E-state index is 12.9. The van der Waals surface area contributed by atoms with Crippen LogP contribution in [0.5, 0.6) is 0 Å². The Labute approximate surface area is 179 Å². The van der Waals surface area contributed by atoms with Crippen LogP contribution in [0.3, 0.4) is 0 Å². The predicted octanol–water partition coefficient (Wildman–Crippen LogP) is 8.48. The summed E-state index contributed by atoms with van der Waals surface area (Å²) in [5.41, 5.74) is -3.01. The summed E-state index contributed by atoms with van der Waals surface area (Å²) in [6, 6.07) is 3.21. The largest absolute Gasteiger partial charge is 0.379 e. The van der Waals surface area contributed by atoms with E-state index in [-0.39, 0.29) is 29.2 Å². The third kappa shape index (κ3) is 7.11. The summed E-state index contributed by atoms with van der Waals surface area (Å²) >= 11 is 0.585. The lowest BCUT2D eigenvalue weighted by molar-refractivity contribution is -0.130. The number of carbonyl (C=O) groups excluding carboxylic acids is 1. The van der Waals surface area contributed by atoms with Gasteiger partial charge in [-0.15, -0.1) is 11.8 Å². The van der Waals surface area contributed by atoms with Gasteiger partial charge in [0, 0.05) is 16.3 Å². The SMILES string of the molecule is CC(O)(CSc1ccc(S(F)(F)(F)(F)F)cc1)C(=O)Nc1cccc(S(F)(F)(F)(F)F)c1. The Morgan fingerprint density at radius 1 is 0.875 bits per heavy atom. The van der Waals surface area contributed by atoms with Crippen molar-refractivity contribution >= 4 is 43.8 Å². The Hall–Kier alpha value is -1.78. The van der Waals surface area contributed by atoms with Gasteiger partial charge in [-0.2, -0.15) is 0 Å². The van der Waals surface area contributed by atoms with Crippen LogP contribution in [0.25, 0.3) is 0 Å². The first-order chi connectivity index (χ1) is 13.8. The van der Waals surface area contributed by atoms with E-state index in [4.69, 9.17) is 0 Å². The number of carbonyl (C=O) groups is 1. The first-order valence-electron chi connectivity index (χ1n) is 8.12. The van der Waals surface area contributed by atoms with Crippen LogP contribution in [0, 0.1) is 0 Å². The molecule has 16 heteroatoms. The first-order valence-corrected chi connectivity index (χ1v) is 13.0. The van der Waals surface area contributed by atoms with Crippen LogP contribution < -0.4 is 5.32 Å². The Kier molecular flexibility index (Phi) is 5.31. The van der Waals surface area contributed by atoms with Crippen molar-refractivity contribution in [1.82, 2.24) is 0 Å². The van der Waals surface area contributed by atoms with Gasteiger partial charge in [-0.25, -0.2) is 0 Å². The molecule has 32 heavy (non-hydrogen) atoms. The average molecular weight is 539 g/mol. The molecule has 0 fully saturated rings. The molecule has 2 N–H and O–H groups in total. The molecular formula is C16H15F10NO2S3. The fourth-order valence-electron chi connectivity index (χ4n) is 2.16. The summed E-state index contributed by atoms with van der Waals surface area (Å²) < 4.78 is 128. The molecule has 0 aliphatic heterocycles. The molecule has 0 aromatic heterocycles. The zero-order valence-electron chi connectivity index (χ0n) is 15.7. The molecule has 1 unspecified atom stereocenters. The van der Waals surface area contributed by atoms with Gasteiger partial charge in [-0.3, -0.25) is 4.79 Å². The van der Waals surface area contributed by atoms with E-state index in [1.807, 2.05) is 5.32 Å². The Morgan fingerprint density at radius 2 is 1.38 bits per heavy atom. The summed E-state index contributed by atoms with van der Waals surface area (Å²) in [6.45, 7) is 0.909. The summed E-state index contributed by atoms with van der Waals surface area (Å²) in [5.74, 6) is -1.86. The van der Waals surface area contributed by atoms with Crippen LogP contribution in [0.4, 0.5) is 44.5 Å². The highest BCUT2D eigenvalue weighted by Crippen LogP contribution is 3.02. The van der Waals surface area contributed by atoms with Crippen molar-refractivity contribution in [3.8, 4) is 0 Å². The first kappa shape index (κ1) is 26.5. The van der Waals surface area contributed by atoms with Gasteiger partial charge in [-0.1, -0.05) is 44.9 Å². The van der Waals surface area contributed by atoms with Crippen LogP contribution in [0.15, 0.2) is 63.2 Å². The lowest BCUT2D eigenvalue weighted by atomic mass is 10.1. The fraction of sp³-hybridized carbons (Fsp3) is 0.188. The fourth-order valence-corrected chi connectivity index (χ4v) is 4.41. The third-order valence-corrected chi connectivity index (χ3v) is 7.44. The van der Waals surface area contributed by atoms with Crippen LogP contribution in [0.2, 0.25) is 0 Å². The van der Waals surface area contributed by atoms with Gasteiger partial charge in [-0.05, 0) is 49.4 Å². The number of hydrogen-bond donors (Lipinski definition) is 2. The lowest BCUT2D eigenvalue weighted by Gasteiger charge is -2.40. The molecule has 0 heterocycles. The summed E-state index contributed by atoms with van der Waals surface area (Å²) in [6.07, 6.45) is 0. The molecule has 184 valence electrons. The maximum Gasteiger partial charge on any atom is 0.310 e. The highest BCUT2D eigenvalue weighted by molar-refractivity contribution is 8.46. The molecule has 2 aromatic rings. The second kappa shape index (κ2) is 6.42. The van der Waals surface area contributed by atoms with Gasteiger partial charge in [0.05, 0.1) is 0 Å². The van der Waals surface area contributed by atoms with E-state index in [2.05, 4.69) is 0 Å². The number of anilines is 1. The smallest absolute Gasteiger partial charge is 0.310 e. The van der Waals surface area contributed by atoms with E-state index in [0.29, 0.717) is 30.0 Å². The van der Waals surface area contributed by atoms with Crippen LogP contribution >= 0.6 is 32.2 Å².